The number of benzene rings is 6. The Morgan fingerprint density at radius 3 is 1.83 bits per heavy atom. The van der Waals surface area contributed by atoms with Crippen LogP contribution in [0.1, 0.15) is 17.5 Å². The number of allylic oxidation sites excluding steroid dienone is 4. The first-order valence-electron chi connectivity index (χ1n) is 14.2. The van der Waals surface area contributed by atoms with Crippen LogP contribution in [0.2, 0.25) is 0 Å². The van der Waals surface area contributed by atoms with E-state index >= 15 is 0 Å². The molecule has 2 aliphatic rings. The van der Waals surface area contributed by atoms with Crippen LogP contribution in [0.4, 0.5) is 0 Å². The van der Waals surface area contributed by atoms with Crippen molar-refractivity contribution in [2.45, 2.75) is 12.8 Å². The molecule has 0 aromatic heterocycles. The van der Waals surface area contributed by atoms with Gasteiger partial charge in [0.2, 0.25) is 0 Å². The fourth-order valence-electron chi connectivity index (χ4n) is 7.87. The van der Waals surface area contributed by atoms with Crippen LogP contribution in [0.5, 0.6) is 0 Å². The third-order valence-corrected chi connectivity index (χ3v) is 47.0. The zero-order valence-electron chi connectivity index (χ0n) is 23.3. The van der Waals surface area contributed by atoms with Crippen LogP contribution in [0.15, 0.2) is 149 Å². The van der Waals surface area contributed by atoms with Gasteiger partial charge in [0.15, 0.2) is 0 Å². The second-order valence-corrected chi connectivity index (χ2v) is 41.9. The molecule has 2 aliphatic carbocycles. The summed E-state index contributed by atoms with van der Waals surface area (Å²) in [5.41, 5.74) is 5.81. The van der Waals surface area contributed by atoms with Crippen molar-refractivity contribution in [2.24, 2.45) is 0 Å². The van der Waals surface area contributed by atoms with E-state index in [1.165, 1.54) is 50.4 Å². The van der Waals surface area contributed by atoms with Crippen molar-refractivity contribution in [3.05, 3.63) is 160 Å². The summed E-state index contributed by atoms with van der Waals surface area (Å²) in [5, 5.41) is 5.64. The Hall–Kier alpha value is -3.01. The van der Waals surface area contributed by atoms with Gasteiger partial charge in [0.25, 0.3) is 0 Å². The van der Waals surface area contributed by atoms with Crippen LogP contribution in [0.25, 0.3) is 32.7 Å². The second-order valence-electron chi connectivity index (χ2n) is 11.5. The number of halogens is 2. The van der Waals surface area contributed by atoms with Crippen molar-refractivity contribution < 1.29 is 17.1 Å². The molecule has 0 N–H and O–H groups in total. The van der Waals surface area contributed by atoms with Crippen LogP contribution in [-0.2, 0) is 23.5 Å². The number of hydrogen-bond donors (Lipinski definition) is 0. The maximum atomic E-state index is 2.52. The van der Waals surface area contributed by atoms with Crippen molar-refractivity contribution in [1.82, 2.24) is 0 Å². The summed E-state index contributed by atoms with van der Waals surface area (Å²) in [6.45, 7) is 2.39. The fourth-order valence-corrected chi connectivity index (χ4v) is 38.7. The van der Waals surface area contributed by atoms with Gasteiger partial charge in [-0.05, 0) is 0 Å². The molecule has 0 aliphatic heterocycles. The molecule has 4 heteroatoms. The summed E-state index contributed by atoms with van der Waals surface area (Å²) in [7, 11) is 0. The Bertz CT molecular complexity index is 2070. The number of hydrogen-bond acceptors (Lipinski definition) is 0. The maximum absolute atomic E-state index is 4.58. The zero-order valence-corrected chi connectivity index (χ0v) is 29.9. The van der Waals surface area contributed by atoms with Crippen molar-refractivity contribution in [3.63, 3.8) is 0 Å². The molecule has 0 radical (unpaired) electrons. The van der Waals surface area contributed by atoms with Crippen molar-refractivity contribution in [3.8, 4) is 11.1 Å². The summed E-state index contributed by atoms with van der Waals surface area (Å²) in [6.07, 6.45) is 9.14. The molecule has 206 valence electrons. The zero-order chi connectivity index (χ0) is 26.8. The third kappa shape index (κ3) is 3.82. The van der Waals surface area contributed by atoms with Gasteiger partial charge in [0, 0.05) is 0 Å². The monoisotopic (exact) mass is 766 g/mol. The fraction of sp³-hybridized carbons (Fsp3) is 0.0526. The molecule has 42 heavy (non-hydrogen) atoms. The summed E-state index contributed by atoms with van der Waals surface area (Å²) in [5.74, 6) is 0. The van der Waals surface area contributed by atoms with Crippen molar-refractivity contribution >= 4 is 63.3 Å². The molecule has 0 saturated carbocycles. The van der Waals surface area contributed by atoms with E-state index in [2.05, 4.69) is 153 Å². The van der Waals surface area contributed by atoms with Gasteiger partial charge in [-0.15, -0.1) is 24.8 Å². The topological polar surface area (TPSA) is 0 Å². The van der Waals surface area contributed by atoms with Gasteiger partial charge in [-0.1, -0.05) is 0 Å². The van der Waals surface area contributed by atoms with E-state index in [1.807, 2.05) is 0 Å². The predicted molar refractivity (Wildman–Crippen MR) is 186 cm³/mol. The van der Waals surface area contributed by atoms with Crippen LogP contribution < -0.4 is 9.96 Å². The van der Waals surface area contributed by atoms with Gasteiger partial charge in [-0.25, -0.2) is 0 Å². The molecule has 0 atom stereocenters. The molecule has 0 bridgehead atoms. The Morgan fingerprint density at radius 1 is 0.571 bits per heavy atom. The van der Waals surface area contributed by atoms with Crippen molar-refractivity contribution in [1.29, 1.82) is 0 Å². The molecule has 0 heterocycles. The Balaban J connectivity index is 0.00000158. The first kappa shape index (κ1) is 29.1. The van der Waals surface area contributed by atoms with Crippen LogP contribution in [-0.4, -0.2) is 6.94 Å². The second kappa shape index (κ2) is 10.9. The third-order valence-electron chi connectivity index (χ3n) is 9.70. The van der Waals surface area contributed by atoms with Crippen molar-refractivity contribution in [2.75, 3.05) is 0 Å². The quantitative estimate of drug-likeness (QED) is 0.127. The van der Waals surface area contributed by atoms with E-state index in [0.717, 1.165) is 12.8 Å². The van der Waals surface area contributed by atoms with Gasteiger partial charge in [0.05, 0.1) is 0 Å². The number of fused-ring (bicyclic) bond motifs is 8. The van der Waals surface area contributed by atoms with Gasteiger partial charge < -0.3 is 0 Å². The van der Waals surface area contributed by atoms with Crippen LogP contribution >= 0.6 is 24.8 Å². The molecule has 0 fully saturated rings. The minimum absolute atomic E-state index is 0. The van der Waals surface area contributed by atoms with Gasteiger partial charge in [-0.3, -0.25) is 0 Å². The molecular formula is C38H32Cl2HfSi. The van der Waals surface area contributed by atoms with E-state index in [-0.39, 0.29) is 24.8 Å². The molecule has 0 amide bonds. The normalized spacial score (nSPS) is 13.7. The van der Waals surface area contributed by atoms with E-state index in [1.54, 1.807) is 6.65 Å². The molecular weight excluding hydrogens is 734 g/mol. The van der Waals surface area contributed by atoms with E-state index in [0.29, 0.717) is 0 Å². The molecule has 6 aromatic carbocycles. The molecule has 6 aromatic rings. The van der Waals surface area contributed by atoms with Gasteiger partial charge in [-0.2, -0.15) is 0 Å². The summed E-state index contributed by atoms with van der Waals surface area (Å²) < 4.78 is 6.29. The van der Waals surface area contributed by atoms with E-state index in [4.69, 9.17) is 0 Å². The summed E-state index contributed by atoms with van der Waals surface area (Å²) >= 11 is -4.58. The van der Waals surface area contributed by atoms with Crippen LogP contribution in [0, 0.1) is 0 Å². The predicted octanol–water partition coefficient (Wildman–Crippen LogP) is 7.77. The van der Waals surface area contributed by atoms with Gasteiger partial charge in [0.1, 0.15) is 0 Å². The Labute approximate surface area is 262 Å². The first-order valence-corrected chi connectivity index (χ1v) is 29.8. The van der Waals surface area contributed by atoms with E-state index < -0.39 is 17.1 Å². The van der Waals surface area contributed by atoms with E-state index in [9.17, 15) is 0 Å². The average molecular weight is 766 g/mol. The standard InChI is InChI=1S/C21H13.2C6H5.C5H5.2ClH.Hf.H2Si/c1-2-8-15-14(7-1)13-20-18-11-4-3-9-16(18)17-10-5-6-12-19(17)21(15)20;2*1-2-4-6-5-3-1;1-2-4-5-3-1;;;;/h1-10,12H,13H2;2*1-5H;1-3H,4H2;2*1H;;1H2. The number of rotatable bonds is 4. The Morgan fingerprint density at radius 2 is 1.17 bits per heavy atom. The molecule has 0 saturated heterocycles. The van der Waals surface area contributed by atoms with Gasteiger partial charge >= 0.3 is 240 Å². The molecule has 0 spiro atoms. The minimum atomic E-state index is -4.58. The molecule has 8 rings (SSSR count). The SMILES string of the molecule is Cl.Cl.[SiH2]=[Hf]([C]1=CC=CC1)([c]1ccccc1)([c]1ccccc1)[c]1cccc2c1c1c(c3ccccc32)-c2ccccc2C1. The summed E-state index contributed by atoms with van der Waals surface area (Å²) in [6, 6.07) is 48.5. The molecule has 0 unspecified atom stereocenters. The Kier molecular flexibility index (Phi) is 7.56. The summed E-state index contributed by atoms with van der Waals surface area (Å²) in [4.78, 5) is 0. The molecule has 0 nitrogen and oxygen atoms in total. The average Bonchev–Trinajstić information content (AvgIpc) is 3.71. The van der Waals surface area contributed by atoms with Crippen LogP contribution in [0.3, 0.4) is 0 Å². The first-order chi connectivity index (χ1) is 19.7.